The number of Topliss-reactive ketones (excluding diaryl/α,β-unsaturated/α-hetero) is 1. The number of rotatable bonds is 8. The number of benzene rings is 2. The number of aliphatic hydroxyl groups excluding tert-OH is 1. The Kier molecular flexibility index (Phi) is 7.44. The normalized spacial score (nSPS) is 16.7. The van der Waals surface area contributed by atoms with Crippen molar-refractivity contribution in [1.82, 2.24) is 4.98 Å². The molecule has 1 fully saturated rings. The fourth-order valence-electron chi connectivity index (χ4n) is 4.14. The molecule has 1 unspecified atom stereocenters. The van der Waals surface area contributed by atoms with Crippen molar-refractivity contribution >= 4 is 29.1 Å². The van der Waals surface area contributed by atoms with Crippen molar-refractivity contribution < 1.29 is 29.0 Å². The number of hydrogen-bond acceptors (Lipinski definition) is 7. The van der Waals surface area contributed by atoms with E-state index >= 15 is 0 Å². The Bertz CT molecular complexity index is 1280. The number of ether oxygens (including phenoxy) is 2. The first-order valence-electron chi connectivity index (χ1n) is 11.6. The van der Waals surface area contributed by atoms with Gasteiger partial charge in [0.05, 0.1) is 31.2 Å². The van der Waals surface area contributed by atoms with Crippen molar-refractivity contribution in [2.24, 2.45) is 0 Å². The molecule has 1 N–H and O–H groups in total. The van der Waals surface area contributed by atoms with Crippen LogP contribution in [0.25, 0.3) is 5.76 Å². The standard InChI is InChI=1S/C28H26N2O6/c1-3-35-22-13-9-19(10-14-22)26(32)24-25(20-6-5-15-29-17-20)30(28(34)27(24)33)21-11-7-18(8-12-21)16-23(31)36-4-2/h5-15,17,25,32H,3-4,16H2,1-2H3/b26-24-. The minimum Gasteiger partial charge on any atom is -0.507 e. The number of pyridine rings is 1. The Morgan fingerprint density at radius 2 is 1.72 bits per heavy atom. The zero-order valence-electron chi connectivity index (χ0n) is 20.0. The van der Waals surface area contributed by atoms with E-state index in [2.05, 4.69) is 4.98 Å². The van der Waals surface area contributed by atoms with Gasteiger partial charge in [-0.2, -0.15) is 0 Å². The molecule has 2 heterocycles. The Morgan fingerprint density at radius 1 is 1.00 bits per heavy atom. The van der Waals surface area contributed by atoms with Gasteiger partial charge < -0.3 is 14.6 Å². The van der Waals surface area contributed by atoms with Crippen LogP contribution in [0.2, 0.25) is 0 Å². The van der Waals surface area contributed by atoms with Crippen LogP contribution in [-0.2, 0) is 25.5 Å². The molecule has 1 atom stereocenters. The molecule has 0 aliphatic carbocycles. The fourth-order valence-corrected chi connectivity index (χ4v) is 4.14. The first-order valence-corrected chi connectivity index (χ1v) is 11.6. The fraction of sp³-hybridized carbons (Fsp3) is 0.214. The molecule has 1 aliphatic rings. The predicted molar refractivity (Wildman–Crippen MR) is 133 cm³/mol. The highest BCUT2D eigenvalue weighted by Gasteiger charge is 2.47. The summed E-state index contributed by atoms with van der Waals surface area (Å²) in [5, 5.41) is 11.2. The summed E-state index contributed by atoms with van der Waals surface area (Å²) in [5.74, 6) is -1.58. The van der Waals surface area contributed by atoms with Gasteiger partial charge in [0.2, 0.25) is 0 Å². The molecule has 4 rings (SSSR count). The van der Waals surface area contributed by atoms with Crippen LogP contribution < -0.4 is 9.64 Å². The van der Waals surface area contributed by atoms with Gasteiger partial charge in [-0.05, 0) is 67.4 Å². The monoisotopic (exact) mass is 486 g/mol. The second kappa shape index (κ2) is 10.9. The second-order valence-corrected chi connectivity index (χ2v) is 8.06. The quantitative estimate of drug-likeness (QED) is 0.220. The van der Waals surface area contributed by atoms with E-state index in [0.717, 1.165) is 0 Å². The summed E-state index contributed by atoms with van der Waals surface area (Å²) in [4.78, 5) is 43.8. The lowest BCUT2D eigenvalue weighted by molar-refractivity contribution is -0.142. The maximum Gasteiger partial charge on any atom is 0.310 e. The number of ketones is 1. The zero-order valence-corrected chi connectivity index (χ0v) is 20.0. The second-order valence-electron chi connectivity index (χ2n) is 8.06. The van der Waals surface area contributed by atoms with Crippen LogP contribution in [0.3, 0.4) is 0 Å². The maximum atomic E-state index is 13.2. The van der Waals surface area contributed by atoms with Gasteiger partial charge in [0.15, 0.2) is 0 Å². The van der Waals surface area contributed by atoms with Crippen molar-refractivity contribution in [3.8, 4) is 5.75 Å². The van der Waals surface area contributed by atoms with Crippen LogP contribution in [0.4, 0.5) is 5.69 Å². The Hall–Kier alpha value is -4.46. The lowest BCUT2D eigenvalue weighted by atomic mass is 9.96. The van der Waals surface area contributed by atoms with E-state index in [1.54, 1.807) is 80.0 Å². The minimum absolute atomic E-state index is 0.0345. The van der Waals surface area contributed by atoms with Crippen molar-refractivity contribution in [3.05, 3.63) is 95.3 Å². The molecule has 0 bridgehead atoms. The van der Waals surface area contributed by atoms with Gasteiger partial charge >= 0.3 is 5.97 Å². The molecule has 1 saturated heterocycles. The van der Waals surface area contributed by atoms with E-state index in [1.165, 1.54) is 4.90 Å². The van der Waals surface area contributed by atoms with Crippen LogP contribution in [0, 0.1) is 0 Å². The Labute approximate surface area is 208 Å². The zero-order chi connectivity index (χ0) is 25.7. The first-order chi connectivity index (χ1) is 17.4. The number of carbonyl (C=O) groups excluding carboxylic acids is 3. The van der Waals surface area contributed by atoms with Gasteiger partial charge in [0.25, 0.3) is 11.7 Å². The summed E-state index contributed by atoms with van der Waals surface area (Å²) in [5.41, 5.74) is 2.08. The number of esters is 1. The van der Waals surface area contributed by atoms with E-state index in [0.29, 0.717) is 41.3 Å². The molecular weight excluding hydrogens is 460 g/mol. The van der Waals surface area contributed by atoms with Gasteiger partial charge in [-0.25, -0.2) is 0 Å². The average Bonchev–Trinajstić information content (AvgIpc) is 3.16. The number of aromatic nitrogens is 1. The summed E-state index contributed by atoms with van der Waals surface area (Å²) >= 11 is 0. The molecule has 1 aliphatic heterocycles. The van der Waals surface area contributed by atoms with E-state index in [1.807, 2.05) is 6.92 Å². The Morgan fingerprint density at radius 3 is 2.33 bits per heavy atom. The van der Waals surface area contributed by atoms with E-state index in [-0.39, 0.29) is 23.7 Å². The molecule has 184 valence electrons. The number of amides is 1. The molecular formula is C28H26N2O6. The molecule has 0 spiro atoms. The third-order valence-electron chi connectivity index (χ3n) is 5.75. The van der Waals surface area contributed by atoms with Gasteiger partial charge in [0.1, 0.15) is 11.5 Å². The number of nitrogens with zero attached hydrogens (tertiary/aromatic N) is 2. The molecule has 0 saturated carbocycles. The SMILES string of the molecule is CCOC(=O)Cc1ccc(N2C(=O)C(=O)/C(=C(\O)c3ccc(OCC)cc3)C2c2cccnc2)cc1. The Balaban J connectivity index is 1.76. The maximum absolute atomic E-state index is 13.2. The summed E-state index contributed by atoms with van der Waals surface area (Å²) in [6.45, 7) is 4.40. The van der Waals surface area contributed by atoms with Gasteiger partial charge in [0, 0.05) is 23.6 Å². The van der Waals surface area contributed by atoms with Crippen LogP contribution in [-0.4, -0.2) is 41.0 Å². The molecule has 2 aromatic carbocycles. The van der Waals surface area contributed by atoms with Crippen molar-refractivity contribution in [2.45, 2.75) is 26.3 Å². The molecule has 8 heteroatoms. The van der Waals surface area contributed by atoms with Gasteiger partial charge in [-0.3, -0.25) is 24.3 Å². The molecule has 0 radical (unpaired) electrons. The average molecular weight is 487 g/mol. The third-order valence-corrected chi connectivity index (χ3v) is 5.75. The largest absolute Gasteiger partial charge is 0.507 e. The summed E-state index contributed by atoms with van der Waals surface area (Å²) in [6.07, 6.45) is 3.24. The molecule has 36 heavy (non-hydrogen) atoms. The number of carbonyl (C=O) groups is 3. The van der Waals surface area contributed by atoms with E-state index < -0.39 is 17.7 Å². The summed E-state index contributed by atoms with van der Waals surface area (Å²) < 4.78 is 10.4. The van der Waals surface area contributed by atoms with E-state index in [9.17, 15) is 19.5 Å². The lowest BCUT2D eigenvalue weighted by Gasteiger charge is -2.25. The topological polar surface area (TPSA) is 106 Å². The minimum atomic E-state index is -0.888. The van der Waals surface area contributed by atoms with Crippen molar-refractivity contribution in [2.75, 3.05) is 18.1 Å². The number of aliphatic hydroxyl groups is 1. The summed E-state index contributed by atoms with van der Waals surface area (Å²) in [7, 11) is 0. The predicted octanol–water partition coefficient (Wildman–Crippen LogP) is 4.21. The molecule has 3 aromatic rings. The van der Waals surface area contributed by atoms with Crippen LogP contribution in [0.5, 0.6) is 5.75 Å². The molecule has 1 amide bonds. The molecule has 8 nitrogen and oxygen atoms in total. The first kappa shape index (κ1) is 24.7. The highest BCUT2D eigenvalue weighted by Crippen LogP contribution is 2.42. The van der Waals surface area contributed by atoms with Crippen LogP contribution in [0.1, 0.15) is 36.6 Å². The highest BCUT2D eigenvalue weighted by molar-refractivity contribution is 6.51. The van der Waals surface area contributed by atoms with Crippen molar-refractivity contribution in [3.63, 3.8) is 0 Å². The van der Waals surface area contributed by atoms with Gasteiger partial charge in [-0.1, -0.05) is 18.2 Å². The van der Waals surface area contributed by atoms with Gasteiger partial charge in [-0.15, -0.1) is 0 Å². The third kappa shape index (κ3) is 4.98. The number of hydrogen-bond donors (Lipinski definition) is 1. The number of anilines is 1. The summed E-state index contributed by atoms with van der Waals surface area (Å²) in [6, 6.07) is 16.0. The smallest absolute Gasteiger partial charge is 0.310 e. The van der Waals surface area contributed by atoms with Crippen LogP contribution >= 0.6 is 0 Å². The van der Waals surface area contributed by atoms with Crippen LogP contribution in [0.15, 0.2) is 78.6 Å². The lowest BCUT2D eigenvalue weighted by Crippen LogP contribution is -2.29. The molecule has 1 aromatic heterocycles. The van der Waals surface area contributed by atoms with Crippen molar-refractivity contribution in [1.29, 1.82) is 0 Å². The highest BCUT2D eigenvalue weighted by atomic mass is 16.5. The van der Waals surface area contributed by atoms with E-state index in [4.69, 9.17) is 9.47 Å².